The minimum Gasteiger partial charge on any atom is -0.396 e. The molecule has 1 aliphatic carbocycles. The number of hydrogen-bond acceptors (Lipinski definition) is 4. The number of aromatic nitrogens is 1. The van der Waals surface area contributed by atoms with Gasteiger partial charge in [-0.2, -0.15) is 0 Å². The van der Waals surface area contributed by atoms with E-state index in [4.69, 9.17) is 16.7 Å². The number of nitrogens with zero attached hydrogens (tertiary/aromatic N) is 2. The van der Waals surface area contributed by atoms with Gasteiger partial charge in [0, 0.05) is 18.2 Å². The molecular weight excluding hydrogens is 244 g/mol. The Morgan fingerprint density at radius 1 is 1.71 bits per heavy atom. The van der Waals surface area contributed by atoms with Gasteiger partial charge in [-0.15, -0.1) is 0 Å². The fourth-order valence-electron chi connectivity index (χ4n) is 2.16. The van der Waals surface area contributed by atoms with Gasteiger partial charge in [0.1, 0.15) is 11.2 Å². The van der Waals surface area contributed by atoms with Gasteiger partial charge in [-0.25, -0.2) is 0 Å². The van der Waals surface area contributed by atoms with Crippen LogP contribution in [0.5, 0.6) is 0 Å². The molecule has 1 fully saturated rings. The summed E-state index contributed by atoms with van der Waals surface area (Å²) in [6.07, 6.45) is 2.95. The molecule has 1 aliphatic rings. The van der Waals surface area contributed by atoms with Gasteiger partial charge in [0.25, 0.3) is 0 Å². The van der Waals surface area contributed by atoms with Gasteiger partial charge >= 0.3 is 5.69 Å². The Bertz CT molecular complexity index is 464. The van der Waals surface area contributed by atoms with Gasteiger partial charge in [-0.1, -0.05) is 11.6 Å². The van der Waals surface area contributed by atoms with Crippen molar-refractivity contribution in [1.82, 2.24) is 4.98 Å². The third-order valence-corrected chi connectivity index (χ3v) is 3.71. The maximum absolute atomic E-state index is 10.7. The van der Waals surface area contributed by atoms with Gasteiger partial charge in [0.05, 0.1) is 4.92 Å². The lowest BCUT2D eigenvalue weighted by atomic mass is 10.1. The number of pyridine rings is 1. The summed E-state index contributed by atoms with van der Waals surface area (Å²) in [6.45, 7) is 1.92. The van der Waals surface area contributed by atoms with Crippen LogP contribution in [0.25, 0.3) is 0 Å². The fourth-order valence-corrected chi connectivity index (χ4v) is 2.37. The van der Waals surface area contributed by atoms with Gasteiger partial charge < -0.3 is 5.11 Å². The summed E-state index contributed by atoms with van der Waals surface area (Å²) >= 11 is 5.96. The van der Waals surface area contributed by atoms with Crippen molar-refractivity contribution in [3.05, 3.63) is 32.6 Å². The Hall–Kier alpha value is -1.20. The van der Waals surface area contributed by atoms with Crippen molar-refractivity contribution in [3.63, 3.8) is 0 Å². The Balaban J connectivity index is 2.27. The average Bonchev–Trinajstić information content (AvgIpc) is 3.01. The highest BCUT2D eigenvalue weighted by molar-refractivity contribution is 6.33. The zero-order chi connectivity index (χ0) is 12.6. The van der Waals surface area contributed by atoms with E-state index in [-0.39, 0.29) is 17.3 Å². The van der Waals surface area contributed by atoms with Crippen molar-refractivity contribution in [2.45, 2.75) is 25.7 Å². The largest absolute Gasteiger partial charge is 0.396 e. The molecule has 0 radical (unpaired) electrons. The summed E-state index contributed by atoms with van der Waals surface area (Å²) in [7, 11) is 0. The lowest BCUT2D eigenvalue weighted by Crippen LogP contribution is -1.99. The molecule has 1 aromatic rings. The highest BCUT2D eigenvalue weighted by atomic mass is 35.5. The number of rotatable bonds is 4. The number of hydrogen-bond donors (Lipinski definition) is 1. The lowest BCUT2D eigenvalue weighted by molar-refractivity contribution is -0.385. The Kier molecular flexibility index (Phi) is 3.31. The molecule has 5 nitrogen and oxygen atoms in total. The van der Waals surface area contributed by atoms with E-state index >= 15 is 0 Å². The lowest BCUT2D eigenvalue weighted by Gasteiger charge is -2.06. The van der Waals surface area contributed by atoms with Crippen molar-refractivity contribution in [3.8, 4) is 0 Å². The van der Waals surface area contributed by atoms with E-state index in [1.54, 1.807) is 6.92 Å². The highest BCUT2D eigenvalue weighted by Crippen LogP contribution is 2.50. The molecule has 17 heavy (non-hydrogen) atoms. The maximum atomic E-state index is 10.7. The number of nitro groups is 1. The molecule has 0 aliphatic heterocycles. The quantitative estimate of drug-likeness (QED) is 0.663. The van der Waals surface area contributed by atoms with Crippen LogP contribution in [0.15, 0.2) is 6.20 Å². The molecule has 0 bridgehead atoms. The predicted octanol–water partition coefficient (Wildman–Crippen LogP) is 2.44. The van der Waals surface area contributed by atoms with Crippen LogP contribution in [0.1, 0.15) is 30.0 Å². The average molecular weight is 257 g/mol. The van der Waals surface area contributed by atoms with Crippen LogP contribution in [-0.2, 0) is 0 Å². The smallest absolute Gasteiger partial charge is 0.306 e. The third-order valence-electron chi connectivity index (χ3n) is 3.23. The van der Waals surface area contributed by atoms with Gasteiger partial charge in [-0.05, 0) is 31.2 Å². The molecule has 1 saturated carbocycles. The van der Waals surface area contributed by atoms with Gasteiger partial charge in [-0.3, -0.25) is 15.1 Å². The van der Waals surface area contributed by atoms with E-state index in [2.05, 4.69) is 4.98 Å². The summed E-state index contributed by atoms with van der Waals surface area (Å²) in [4.78, 5) is 14.3. The zero-order valence-electron chi connectivity index (χ0n) is 9.39. The Morgan fingerprint density at radius 3 is 3.00 bits per heavy atom. The van der Waals surface area contributed by atoms with Crippen molar-refractivity contribution in [2.75, 3.05) is 6.61 Å². The number of aliphatic hydroxyl groups is 1. The third kappa shape index (κ3) is 2.25. The molecule has 0 aromatic carbocycles. The second-order valence-electron chi connectivity index (χ2n) is 4.34. The summed E-state index contributed by atoms with van der Waals surface area (Å²) in [6, 6.07) is 0. The van der Waals surface area contributed by atoms with Crippen molar-refractivity contribution in [1.29, 1.82) is 0 Å². The molecular formula is C11H13ClN2O3. The molecule has 2 rings (SSSR count). The van der Waals surface area contributed by atoms with Crippen LogP contribution in [-0.4, -0.2) is 21.6 Å². The molecule has 0 amide bonds. The van der Waals surface area contributed by atoms with Gasteiger partial charge in [0.2, 0.25) is 0 Å². The van der Waals surface area contributed by atoms with Crippen LogP contribution in [0.4, 0.5) is 5.69 Å². The van der Waals surface area contributed by atoms with Crippen LogP contribution in [0.2, 0.25) is 5.02 Å². The molecule has 1 N–H and O–H groups in total. The van der Waals surface area contributed by atoms with E-state index in [1.165, 1.54) is 6.20 Å². The van der Waals surface area contributed by atoms with Gasteiger partial charge in [0.15, 0.2) is 0 Å². The molecule has 0 spiro atoms. The van der Waals surface area contributed by atoms with E-state index in [0.717, 1.165) is 18.5 Å². The summed E-state index contributed by atoms with van der Waals surface area (Å²) in [5.41, 5.74) is 1.37. The monoisotopic (exact) mass is 256 g/mol. The molecule has 1 aromatic heterocycles. The summed E-state index contributed by atoms with van der Waals surface area (Å²) in [5.74, 6) is 0.726. The molecule has 1 heterocycles. The topological polar surface area (TPSA) is 76.3 Å². The number of aliphatic hydroxyl groups excluding tert-OH is 1. The number of halogens is 1. The zero-order valence-corrected chi connectivity index (χ0v) is 10.1. The van der Waals surface area contributed by atoms with Crippen LogP contribution < -0.4 is 0 Å². The first-order valence-electron chi connectivity index (χ1n) is 5.46. The molecule has 92 valence electrons. The molecule has 0 saturated heterocycles. The predicted molar refractivity (Wildman–Crippen MR) is 63.2 cm³/mol. The van der Waals surface area contributed by atoms with E-state index < -0.39 is 4.92 Å². The van der Waals surface area contributed by atoms with E-state index in [1.807, 2.05) is 0 Å². The fraction of sp³-hybridized carbons (Fsp3) is 0.545. The van der Waals surface area contributed by atoms with Crippen molar-refractivity contribution >= 4 is 17.3 Å². The minimum absolute atomic E-state index is 0.146. The van der Waals surface area contributed by atoms with Crippen molar-refractivity contribution in [2.24, 2.45) is 5.92 Å². The minimum atomic E-state index is -0.524. The second-order valence-corrected chi connectivity index (χ2v) is 4.72. The second kappa shape index (κ2) is 4.58. The van der Waals surface area contributed by atoms with E-state index in [9.17, 15) is 10.1 Å². The van der Waals surface area contributed by atoms with E-state index in [0.29, 0.717) is 17.4 Å². The summed E-state index contributed by atoms with van der Waals surface area (Å²) in [5, 5.41) is 19.7. The first kappa shape index (κ1) is 12.3. The molecule has 6 heteroatoms. The first-order valence-corrected chi connectivity index (χ1v) is 5.84. The SMILES string of the molecule is Cc1c(C2CC2CCO)ncc([N+](=O)[O-])c1Cl. The Morgan fingerprint density at radius 2 is 2.41 bits per heavy atom. The van der Waals surface area contributed by atoms with Crippen molar-refractivity contribution < 1.29 is 10.0 Å². The molecule has 2 unspecified atom stereocenters. The van der Waals surface area contributed by atoms with Crippen LogP contribution in [0.3, 0.4) is 0 Å². The standard InChI is InChI=1S/C11H13ClN2O3/c1-6-10(12)9(14(16)17)5-13-11(6)8-4-7(8)2-3-15/h5,7-8,15H,2-4H2,1H3. The maximum Gasteiger partial charge on any atom is 0.306 e. The highest BCUT2D eigenvalue weighted by Gasteiger charge is 2.40. The first-order chi connectivity index (χ1) is 8.06. The van der Waals surface area contributed by atoms with Crippen LogP contribution >= 0.6 is 11.6 Å². The summed E-state index contributed by atoms with van der Waals surface area (Å²) < 4.78 is 0. The Labute approximate surface area is 104 Å². The van der Waals surface area contributed by atoms with Crippen LogP contribution in [0, 0.1) is 23.0 Å². The molecule has 2 atom stereocenters. The normalized spacial score (nSPS) is 22.5.